The molecule has 1 heterocycles. The van der Waals surface area contributed by atoms with Gasteiger partial charge in [-0.15, -0.1) is 6.42 Å². The van der Waals surface area contributed by atoms with Gasteiger partial charge in [0.05, 0.1) is 11.9 Å². The standard InChI is InChI=1S/C6H7N3/c1-2-3-9-5-6(7)4-8-9/h1,4-5H,3,7H2. The first kappa shape index (κ1) is 5.70. The molecular weight excluding hydrogens is 114 g/mol. The van der Waals surface area contributed by atoms with Gasteiger partial charge >= 0.3 is 0 Å². The lowest BCUT2D eigenvalue weighted by Crippen LogP contribution is -1.94. The third-order valence-electron chi connectivity index (χ3n) is 0.907. The van der Waals surface area contributed by atoms with Crippen LogP contribution in [0.3, 0.4) is 0 Å². The lowest BCUT2D eigenvalue weighted by atomic mass is 10.6. The number of aromatic nitrogens is 2. The van der Waals surface area contributed by atoms with Crippen LogP contribution in [0.5, 0.6) is 0 Å². The van der Waals surface area contributed by atoms with Crippen molar-refractivity contribution in [2.45, 2.75) is 6.54 Å². The van der Waals surface area contributed by atoms with Gasteiger partial charge < -0.3 is 5.73 Å². The molecule has 0 radical (unpaired) electrons. The van der Waals surface area contributed by atoms with Crippen molar-refractivity contribution >= 4 is 5.69 Å². The van der Waals surface area contributed by atoms with Crippen LogP contribution in [0, 0.1) is 12.3 Å². The smallest absolute Gasteiger partial charge is 0.101 e. The van der Waals surface area contributed by atoms with Crippen LogP contribution in [0.4, 0.5) is 5.69 Å². The predicted molar refractivity (Wildman–Crippen MR) is 35.5 cm³/mol. The maximum absolute atomic E-state index is 5.36. The van der Waals surface area contributed by atoms with Gasteiger partial charge in [-0.25, -0.2) is 0 Å². The van der Waals surface area contributed by atoms with E-state index in [1.54, 1.807) is 17.1 Å². The van der Waals surface area contributed by atoms with Crippen molar-refractivity contribution in [3.63, 3.8) is 0 Å². The van der Waals surface area contributed by atoms with Gasteiger partial charge in [0.2, 0.25) is 0 Å². The van der Waals surface area contributed by atoms with Crippen molar-refractivity contribution < 1.29 is 0 Å². The Labute approximate surface area is 53.5 Å². The van der Waals surface area contributed by atoms with Gasteiger partial charge in [-0.1, -0.05) is 5.92 Å². The zero-order chi connectivity index (χ0) is 6.69. The Morgan fingerprint density at radius 2 is 2.67 bits per heavy atom. The molecule has 0 unspecified atom stereocenters. The fourth-order valence-corrected chi connectivity index (χ4v) is 0.560. The van der Waals surface area contributed by atoms with Crippen LogP contribution < -0.4 is 5.73 Å². The Morgan fingerprint density at radius 3 is 3.11 bits per heavy atom. The first-order valence-electron chi connectivity index (χ1n) is 2.54. The second-order valence-corrected chi connectivity index (χ2v) is 1.68. The molecule has 1 aromatic heterocycles. The largest absolute Gasteiger partial charge is 0.396 e. The van der Waals surface area contributed by atoms with Crippen LogP contribution in [0.25, 0.3) is 0 Å². The highest BCUT2D eigenvalue weighted by molar-refractivity contribution is 5.30. The predicted octanol–water partition coefficient (Wildman–Crippen LogP) is 0.0985. The van der Waals surface area contributed by atoms with E-state index in [9.17, 15) is 0 Å². The molecule has 0 fully saturated rings. The van der Waals surface area contributed by atoms with Gasteiger partial charge in [0.15, 0.2) is 0 Å². The number of nitrogen functional groups attached to an aromatic ring is 1. The zero-order valence-electron chi connectivity index (χ0n) is 4.91. The Bertz CT molecular complexity index is 231. The van der Waals surface area contributed by atoms with Crippen molar-refractivity contribution in [2.24, 2.45) is 0 Å². The van der Waals surface area contributed by atoms with E-state index in [2.05, 4.69) is 11.0 Å². The molecule has 0 atom stereocenters. The van der Waals surface area contributed by atoms with E-state index in [0.29, 0.717) is 12.2 Å². The van der Waals surface area contributed by atoms with E-state index in [4.69, 9.17) is 12.2 Å². The van der Waals surface area contributed by atoms with Crippen molar-refractivity contribution in [2.75, 3.05) is 5.73 Å². The van der Waals surface area contributed by atoms with Crippen LogP contribution in [0.2, 0.25) is 0 Å². The van der Waals surface area contributed by atoms with E-state index < -0.39 is 0 Å². The Morgan fingerprint density at radius 1 is 1.89 bits per heavy atom. The van der Waals surface area contributed by atoms with Crippen molar-refractivity contribution in [1.29, 1.82) is 0 Å². The lowest BCUT2D eigenvalue weighted by Gasteiger charge is -1.87. The summed E-state index contributed by atoms with van der Waals surface area (Å²) in [5, 5.41) is 3.85. The molecule has 0 bridgehead atoms. The molecule has 46 valence electrons. The highest BCUT2D eigenvalue weighted by atomic mass is 15.3. The van der Waals surface area contributed by atoms with Gasteiger partial charge in [0, 0.05) is 6.20 Å². The first-order valence-corrected chi connectivity index (χ1v) is 2.54. The maximum Gasteiger partial charge on any atom is 0.101 e. The number of hydrogen-bond donors (Lipinski definition) is 1. The maximum atomic E-state index is 5.36. The van der Waals surface area contributed by atoms with Gasteiger partial charge in [-0.05, 0) is 0 Å². The Balaban J connectivity index is 2.76. The second kappa shape index (κ2) is 2.23. The molecule has 0 spiro atoms. The minimum absolute atomic E-state index is 0.483. The van der Waals surface area contributed by atoms with Crippen molar-refractivity contribution in [3.05, 3.63) is 12.4 Å². The molecule has 0 saturated carbocycles. The molecule has 0 amide bonds. The molecule has 0 aliphatic heterocycles. The van der Waals surface area contributed by atoms with E-state index >= 15 is 0 Å². The average Bonchev–Trinajstić information content (AvgIpc) is 2.17. The van der Waals surface area contributed by atoms with Crippen LogP contribution in [0.15, 0.2) is 12.4 Å². The summed E-state index contributed by atoms with van der Waals surface area (Å²) < 4.78 is 1.61. The fourth-order valence-electron chi connectivity index (χ4n) is 0.560. The molecule has 1 rings (SSSR count). The molecule has 3 heteroatoms. The lowest BCUT2D eigenvalue weighted by molar-refractivity contribution is 0.716. The Kier molecular flexibility index (Phi) is 1.41. The average molecular weight is 121 g/mol. The van der Waals surface area contributed by atoms with Crippen LogP contribution in [-0.2, 0) is 6.54 Å². The monoisotopic (exact) mass is 121 g/mol. The molecule has 2 N–H and O–H groups in total. The van der Waals surface area contributed by atoms with Crippen LogP contribution in [-0.4, -0.2) is 9.78 Å². The molecule has 9 heavy (non-hydrogen) atoms. The minimum Gasteiger partial charge on any atom is -0.396 e. The van der Waals surface area contributed by atoms with Crippen molar-refractivity contribution in [3.8, 4) is 12.3 Å². The van der Waals surface area contributed by atoms with Crippen LogP contribution >= 0.6 is 0 Å². The number of anilines is 1. The van der Waals surface area contributed by atoms with Gasteiger partial charge in [0.1, 0.15) is 6.54 Å². The van der Waals surface area contributed by atoms with Crippen LogP contribution in [0.1, 0.15) is 0 Å². The summed E-state index contributed by atoms with van der Waals surface area (Å²) in [5.74, 6) is 2.44. The van der Waals surface area contributed by atoms with E-state index in [1.807, 2.05) is 0 Å². The SMILES string of the molecule is C#CCn1cc(N)cn1. The summed E-state index contributed by atoms with van der Waals surface area (Å²) in [4.78, 5) is 0. The van der Waals surface area contributed by atoms with E-state index in [-0.39, 0.29) is 0 Å². The zero-order valence-corrected chi connectivity index (χ0v) is 4.91. The number of rotatable bonds is 1. The second-order valence-electron chi connectivity index (χ2n) is 1.68. The fraction of sp³-hybridized carbons (Fsp3) is 0.167. The summed E-state index contributed by atoms with van der Waals surface area (Å²) >= 11 is 0. The summed E-state index contributed by atoms with van der Waals surface area (Å²) in [6.07, 6.45) is 8.28. The summed E-state index contributed by atoms with van der Waals surface area (Å²) in [7, 11) is 0. The summed E-state index contributed by atoms with van der Waals surface area (Å²) in [6, 6.07) is 0. The highest BCUT2D eigenvalue weighted by Crippen LogP contribution is 1.95. The molecule has 0 aliphatic rings. The van der Waals surface area contributed by atoms with E-state index in [1.165, 1.54) is 0 Å². The van der Waals surface area contributed by atoms with Crippen molar-refractivity contribution in [1.82, 2.24) is 9.78 Å². The third kappa shape index (κ3) is 1.23. The highest BCUT2D eigenvalue weighted by Gasteiger charge is 1.88. The number of nitrogens with two attached hydrogens (primary N) is 1. The molecule has 0 saturated heterocycles. The third-order valence-corrected chi connectivity index (χ3v) is 0.907. The van der Waals surface area contributed by atoms with Gasteiger partial charge in [-0.2, -0.15) is 5.10 Å². The van der Waals surface area contributed by atoms with E-state index in [0.717, 1.165) is 0 Å². The topological polar surface area (TPSA) is 43.8 Å². The normalized spacial score (nSPS) is 8.78. The number of hydrogen-bond acceptors (Lipinski definition) is 2. The molecule has 0 aromatic carbocycles. The Hall–Kier alpha value is -1.43. The molecule has 1 aromatic rings. The van der Waals surface area contributed by atoms with Gasteiger partial charge in [-0.3, -0.25) is 4.68 Å². The molecule has 0 aliphatic carbocycles. The molecule has 3 nitrogen and oxygen atoms in total. The first-order chi connectivity index (χ1) is 4.33. The number of nitrogens with zero attached hydrogens (tertiary/aromatic N) is 2. The minimum atomic E-state index is 0.483. The number of terminal acetylenes is 1. The molecular formula is C6H7N3. The van der Waals surface area contributed by atoms with Gasteiger partial charge in [0.25, 0.3) is 0 Å². The summed E-state index contributed by atoms with van der Waals surface area (Å²) in [5.41, 5.74) is 6.00. The summed E-state index contributed by atoms with van der Waals surface area (Å²) in [6.45, 7) is 0.483. The quantitative estimate of drug-likeness (QED) is 0.535.